The van der Waals surface area contributed by atoms with Crippen molar-refractivity contribution in [3.63, 3.8) is 0 Å². The molecule has 0 aliphatic rings. The van der Waals surface area contributed by atoms with Gasteiger partial charge in [-0.05, 0) is 5.56 Å². The second-order valence-corrected chi connectivity index (χ2v) is 7.40. The van der Waals surface area contributed by atoms with Crippen molar-refractivity contribution in [3.8, 4) is 0 Å². The molecule has 1 aromatic carbocycles. The topological polar surface area (TPSA) is 51.2 Å². The maximum Gasteiger partial charge on any atom is 0.207 e. The zero-order valence-electron chi connectivity index (χ0n) is 8.97. The van der Waals surface area contributed by atoms with E-state index in [1.807, 2.05) is 30.3 Å². The van der Waals surface area contributed by atoms with E-state index in [1.165, 1.54) is 0 Å². The molecule has 94 valence electrons. The van der Waals surface area contributed by atoms with Crippen LogP contribution in [0.3, 0.4) is 0 Å². The average Bonchev–Trinajstić information content (AvgIpc) is 2.28. The van der Waals surface area contributed by atoms with Crippen LogP contribution in [0, 0.1) is 0 Å². The Bertz CT molecular complexity index is 469. The van der Waals surface area contributed by atoms with Gasteiger partial charge in [-0.1, -0.05) is 53.5 Å². The van der Waals surface area contributed by atoms with Gasteiger partial charge in [-0.3, -0.25) is 4.79 Å². The lowest BCUT2D eigenvalue weighted by Gasteiger charge is -2.04. The Morgan fingerprint density at radius 2 is 1.76 bits per heavy atom. The molecule has 0 fully saturated rings. The van der Waals surface area contributed by atoms with Crippen molar-refractivity contribution < 1.29 is 13.2 Å². The Labute approximate surface area is 111 Å². The van der Waals surface area contributed by atoms with Gasteiger partial charge in [0.25, 0.3) is 0 Å². The van der Waals surface area contributed by atoms with Gasteiger partial charge in [0, 0.05) is 12.8 Å². The van der Waals surface area contributed by atoms with E-state index in [0.29, 0.717) is 0 Å². The van der Waals surface area contributed by atoms with Gasteiger partial charge in [-0.15, -0.1) is 0 Å². The Balaban J connectivity index is 2.47. The van der Waals surface area contributed by atoms with E-state index in [-0.39, 0.29) is 24.4 Å². The van der Waals surface area contributed by atoms with Gasteiger partial charge in [0.15, 0.2) is 9.84 Å². The molecule has 0 atom stereocenters. The van der Waals surface area contributed by atoms with Crippen molar-refractivity contribution in [1.82, 2.24) is 0 Å². The van der Waals surface area contributed by atoms with Crippen molar-refractivity contribution in [2.24, 2.45) is 0 Å². The molecule has 0 spiro atoms. The zero-order chi connectivity index (χ0) is 12.9. The monoisotopic (exact) mass is 294 g/mol. The number of hydrogen-bond acceptors (Lipinski definition) is 3. The Morgan fingerprint density at radius 1 is 1.18 bits per heavy atom. The van der Waals surface area contributed by atoms with E-state index in [9.17, 15) is 13.2 Å². The number of Topliss-reactive ketones (excluding diaryl/α,β-unsaturated/α-hetero) is 1. The maximum atomic E-state index is 11.5. The summed E-state index contributed by atoms with van der Waals surface area (Å²) >= 11 is 10.6. The molecule has 0 saturated heterocycles. The molecule has 0 unspecified atom stereocenters. The summed E-state index contributed by atoms with van der Waals surface area (Å²) in [6.45, 7) is 0. The van der Waals surface area contributed by atoms with Gasteiger partial charge in [-0.2, -0.15) is 0 Å². The van der Waals surface area contributed by atoms with Crippen LogP contribution in [0.1, 0.15) is 12.0 Å². The molecule has 0 heterocycles. The van der Waals surface area contributed by atoms with Crippen LogP contribution in [0.5, 0.6) is 0 Å². The van der Waals surface area contributed by atoms with Crippen LogP contribution >= 0.6 is 23.2 Å². The number of ketones is 1. The third-order valence-electron chi connectivity index (χ3n) is 2.18. The molecule has 17 heavy (non-hydrogen) atoms. The quantitative estimate of drug-likeness (QED) is 0.757. The van der Waals surface area contributed by atoms with Crippen molar-refractivity contribution in [2.75, 3.05) is 5.75 Å². The van der Waals surface area contributed by atoms with Gasteiger partial charge in [0.1, 0.15) is 5.78 Å². The summed E-state index contributed by atoms with van der Waals surface area (Å²) in [6, 6.07) is 9.14. The SMILES string of the molecule is O=C(CCS(=O)(=O)C(Cl)Cl)Cc1ccccc1. The van der Waals surface area contributed by atoms with Gasteiger partial charge in [0.05, 0.1) is 5.75 Å². The molecule has 0 N–H and O–H groups in total. The minimum atomic E-state index is -3.58. The van der Waals surface area contributed by atoms with Gasteiger partial charge in [-0.25, -0.2) is 8.42 Å². The zero-order valence-corrected chi connectivity index (χ0v) is 11.3. The largest absolute Gasteiger partial charge is 0.299 e. The predicted octanol–water partition coefficient (Wildman–Crippen LogP) is 2.36. The molecule has 1 aromatic rings. The van der Waals surface area contributed by atoms with Crippen molar-refractivity contribution >= 4 is 38.8 Å². The van der Waals surface area contributed by atoms with Crippen LogP contribution < -0.4 is 0 Å². The fourth-order valence-corrected chi connectivity index (χ4v) is 2.48. The van der Waals surface area contributed by atoms with Gasteiger partial charge < -0.3 is 0 Å². The van der Waals surface area contributed by atoms with E-state index in [2.05, 4.69) is 0 Å². The van der Waals surface area contributed by atoms with Crippen molar-refractivity contribution in [2.45, 2.75) is 17.0 Å². The molecule has 6 heteroatoms. The first-order valence-corrected chi connectivity index (χ1v) is 7.56. The van der Waals surface area contributed by atoms with E-state index < -0.39 is 14.0 Å². The first kappa shape index (κ1) is 14.5. The van der Waals surface area contributed by atoms with Crippen LogP contribution in [0.4, 0.5) is 0 Å². The lowest BCUT2D eigenvalue weighted by Crippen LogP contribution is -2.17. The molecule has 1 rings (SSSR count). The van der Waals surface area contributed by atoms with E-state index in [0.717, 1.165) is 5.56 Å². The Hall–Kier alpha value is -0.580. The molecule has 0 aliphatic heterocycles. The van der Waals surface area contributed by atoms with Gasteiger partial charge >= 0.3 is 0 Å². The fraction of sp³-hybridized carbons (Fsp3) is 0.364. The highest BCUT2D eigenvalue weighted by molar-refractivity contribution is 7.94. The fourth-order valence-electron chi connectivity index (χ4n) is 1.26. The Morgan fingerprint density at radius 3 is 2.29 bits per heavy atom. The molecule has 3 nitrogen and oxygen atoms in total. The summed E-state index contributed by atoms with van der Waals surface area (Å²) in [5, 5.41) is 0. The van der Waals surface area contributed by atoms with Crippen LogP contribution in [0.25, 0.3) is 0 Å². The number of sulfone groups is 1. The Kier molecular flexibility index (Phi) is 5.43. The normalized spacial score (nSPS) is 11.7. The molecule has 0 saturated carbocycles. The summed E-state index contributed by atoms with van der Waals surface area (Å²) in [4.78, 5) is 11.5. The third-order valence-corrected chi connectivity index (χ3v) is 5.13. The van der Waals surface area contributed by atoms with Crippen molar-refractivity contribution in [3.05, 3.63) is 35.9 Å². The lowest BCUT2D eigenvalue weighted by atomic mass is 10.1. The van der Waals surface area contributed by atoms with Crippen LogP contribution in [-0.4, -0.2) is 24.1 Å². The first-order chi connectivity index (χ1) is 7.92. The molecule has 0 bridgehead atoms. The number of hydrogen-bond donors (Lipinski definition) is 0. The highest BCUT2D eigenvalue weighted by Crippen LogP contribution is 2.13. The second kappa shape index (κ2) is 6.38. The summed E-state index contributed by atoms with van der Waals surface area (Å²) < 4.78 is 21.1. The minimum Gasteiger partial charge on any atom is -0.299 e. The summed E-state index contributed by atoms with van der Waals surface area (Å²) in [7, 11) is -3.58. The number of carbonyl (C=O) groups excluding carboxylic acids is 1. The molecule has 0 aromatic heterocycles. The lowest BCUT2D eigenvalue weighted by molar-refractivity contribution is -0.118. The third kappa shape index (κ3) is 5.06. The van der Waals surface area contributed by atoms with Crippen molar-refractivity contribution in [1.29, 1.82) is 0 Å². The van der Waals surface area contributed by atoms with Gasteiger partial charge in [0.2, 0.25) is 4.17 Å². The molecular formula is C11H12Cl2O3S. The van der Waals surface area contributed by atoms with Crippen LogP contribution in [0.15, 0.2) is 30.3 Å². The molecule has 0 amide bonds. The summed E-state index contributed by atoms with van der Waals surface area (Å²) in [6.07, 6.45) is 0.165. The number of benzene rings is 1. The highest BCUT2D eigenvalue weighted by Gasteiger charge is 2.21. The van der Waals surface area contributed by atoms with E-state index in [1.54, 1.807) is 0 Å². The molecule has 0 aliphatic carbocycles. The number of halogens is 2. The molecular weight excluding hydrogens is 283 g/mol. The summed E-state index contributed by atoms with van der Waals surface area (Å²) in [5.74, 6) is -0.454. The van der Waals surface area contributed by atoms with E-state index in [4.69, 9.17) is 23.2 Å². The standard InChI is InChI=1S/C11H12Cl2O3S/c12-11(13)17(15,16)7-6-10(14)8-9-4-2-1-3-5-9/h1-5,11H,6-8H2. The number of carbonyl (C=O) groups is 1. The highest BCUT2D eigenvalue weighted by atomic mass is 35.5. The van der Waals surface area contributed by atoms with E-state index >= 15 is 0 Å². The smallest absolute Gasteiger partial charge is 0.207 e. The minimum absolute atomic E-state index is 0.0623. The van der Waals surface area contributed by atoms with Crippen LogP contribution in [0.2, 0.25) is 0 Å². The van der Waals surface area contributed by atoms with Crippen LogP contribution in [-0.2, 0) is 21.1 Å². The molecule has 0 radical (unpaired) electrons. The predicted molar refractivity (Wildman–Crippen MR) is 69.1 cm³/mol. The number of alkyl halides is 2. The first-order valence-electron chi connectivity index (χ1n) is 4.97. The number of rotatable bonds is 6. The maximum absolute atomic E-state index is 11.5. The average molecular weight is 295 g/mol. The summed E-state index contributed by atoms with van der Waals surface area (Å²) in [5.41, 5.74) is 0.864. The second-order valence-electron chi connectivity index (χ2n) is 3.58.